The standard InChI is InChI=1S/C14H18F2N2O/c1-2-18-14(19)11-8-12(15)10(7-13(11)16)9-3-5-17-6-4-9/h7-9,17H,2-6H2,1H3,(H,18,19). The Balaban J connectivity index is 2.28. The van der Waals surface area contributed by atoms with E-state index < -0.39 is 17.5 Å². The van der Waals surface area contributed by atoms with Crippen LogP contribution in [-0.2, 0) is 0 Å². The van der Waals surface area contributed by atoms with Crippen LogP contribution in [0.1, 0.15) is 41.6 Å². The number of carbonyl (C=O) groups excluding carboxylic acids is 1. The zero-order valence-corrected chi connectivity index (χ0v) is 10.9. The highest BCUT2D eigenvalue weighted by Gasteiger charge is 2.22. The van der Waals surface area contributed by atoms with E-state index in [1.165, 1.54) is 6.07 Å². The predicted molar refractivity (Wildman–Crippen MR) is 69.2 cm³/mol. The molecule has 0 atom stereocenters. The average Bonchev–Trinajstić information content (AvgIpc) is 2.42. The summed E-state index contributed by atoms with van der Waals surface area (Å²) < 4.78 is 28.0. The van der Waals surface area contributed by atoms with Gasteiger partial charge in [-0.15, -0.1) is 0 Å². The Labute approximate surface area is 111 Å². The molecular formula is C14H18F2N2O. The number of amides is 1. The number of carbonyl (C=O) groups is 1. The molecule has 0 spiro atoms. The van der Waals surface area contributed by atoms with Crippen LogP contribution in [0.25, 0.3) is 0 Å². The minimum atomic E-state index is -0.652. The molecular weight excluding hydrogens is 250 g/mol. The van der Waals surface area contributed by atoms with Gasteiger partial charge < -0.3 is 10.6 Å². The molecule has 104 valence electrons. The van der Waals surface area contributed by atoms with Gasteiger partial charge in [-0.2, -0.15) is 0 Å². The molecule has 0 aliphatic carbocycles. The zero-order valence-electron chi connectivity index (χ0n) is 10.9. The van der Waals surface area contributed by atoms with Crippen LogP contribution in [0.15, 0.2) is 12.1 Å². The second-order valence-corrected chi connectivity index (χ2v) is 4.74. The third-order valence-electron chi connectivity index (χ3n) is 3.45. The second kappa shape index (κ2) is 6.10. The van der Waals surface area contributed by atoms with Gasteiger partial charge >= 0.3 is 0 Å². The van der Waals surface area contributed by atoms with Gasteiger partial charge in [0.1, 0.15) is 11.6 Å². The number of piperidine rings is 1. The third-order valence-corrected chi connectivity index (χ3v) is 3.45. The Hall–Kier alpha value is -1.49. The van der Waals surface area contributed by atoms with E-state index in [-0.39, 0.29) is 11.5 Å². The predicted octanol–water partition coefficient (Wildman–Crippen LogP) is 2.18. The molecule has 1 aliphatic rings. The summed E-state index contributed by atoms with van der Waals surface area (Å²) in [5, 5.41) is 5.66. The Morgan fingerprint density at radius 2 is 2.00 bits per heavy atom. The van der Waals surface area contributed by atoms with E-state index in [9.17, 15) is 13.6 Å². The lowest BCUT2D eigenvalue weighted by molar-refractivity contribution is 0.0951. The van der Waals surface area contributed by atoms with Crippen LogP contribution in [0.3, 0.4) is 0 Å². The van der Waals surface area contributed by atoms with Gasteiger partial charge in [-0.3, -0.25) is 4.79 Å². The lowest BCUT2D eigenvalue weighted by Crippen LogP contribution is -2.28. The summed E-state index contributed by atoms with van der Waals surface area (Å²) >= 11 is 0. The van der Waals surface area contributed by atoms with E-state index >= 15 is 0 Å². The lowest BCUT2D eigenvalue weighted by atomic mass is 9.89. The van der Waals surface area contributed by atoms with E-state index in [1.807, 2.05) is 0 Å². The first kappa shape index (κ1) is 13.9. The molecule has 1 heterocycles. The van der Waals surface area contributed by atoms with Crippen molar-refractivity contribution in [2.24, 2.45) is 0 Å². The van der Waals surface area contributed by atoms with Crippen molar-refractivity contribution in [2.75, 3.05) is 19.6 Å². The topological polar surface area (TPSA) is 41.1 Å². The van der Waals surface area contributed by atoms with Crippen molar-refractivity contribution in [1.82, 2.24) is 10.6 Å². The quantitative estimate of drug-likeness (QED) is 0.882. The van der Waals surface area contributed by atoms with Crippen molar-refractivity contribution in [2.45, 2.75) is 25.7 Å². The van der Waals surface area contributed by atoms with Gasteiger partial charge in [0.25, 0.3) is 5.91 Å². The van der Waals surface area contributed by atoms with E-state index in [0.717, 1.165) is 32.0 Å². The van der Waals surface area contributed by atoms with Crippen LogP contribution in [0.5, 0.6) is 0 Å². The number of benzene rings is 1. The maximum atomic E-state index is 14.0. The van der Waals surface area contributed by atoms with Crippen molar-refractivity contribution in [3.8, 4) is 0 Å². The van der Waals surface area contributed by atoms with Crippen LogP contribution in [-0.4, -0.2) is 25.5 Å². The molecule has 1 aromatic rings. The molecule has 1 aromatic carbocycles. The fourth-order valence-corrected chi connectivity index (χ4v) is 2.44. The minimum Gasteiger partial charge on any atom is -0.352 e. The highest BCUT2D eigenvalue weighted by Crippen LogP contribution is 2.29. The monoisotopic (exact) mass is 268 g/mol. The average molecular weight is 268 g/mol. The van der Waals surface area contributed by atoms with Crippen LogP contribution < -0.4 is 10.6 Å². The summed E-state index contributed by atoms with van der Waals surface area (Å²) in [7, 11) is 0. The lowest BCUT2D eigenvalue weighted by Gasteiger charge is -2.23. The van der Waals surface area contributed by atoms with Gasteiger partial charge in [0.15, 0.2) is 0 Å². The largest absolute Gasteiger partial charge is 0.352 e. The molecule has 0 unspecified atom stereocenters. The number of hydrogen-bond donors (Lipinski definition) is 2. The van der Waals surface area contributed by atoms with Gasteiger partial charge in [-0.1, -0.05) is 0 Å². The fourth-order valence-electron chi connectivity index (χ4n) is 2.44. The Kier molecular flexibility index (Phi) is 4.47. The van der Waals surface area contributed by atoms with E-state index in [0.29, 0.717) is 12.1 Å². The van der Waals surface area contributed by atoms with Crippen LogP contribution in [0.2, 0.25) is 0 Å². The maximum absolute atomic E-state index is 14.0. The van der Waals surface area contributed by atoms with Crippen molar-refractivity contribution < 1.29 is 13.6 Å². The molecule has 1 saturated heterocycles. The molecule has 5 heteroatoms. The van der Waals surface area contributed by atoms with E-state index in [2.05, 4.69) is 10.6 Å². The number of nitrogens with one attached hydrogen (secondary N) is 2. The minimum absolute atomic E-state index is 0.0269. The molecule has 0 radical (unpaired) electrons. The molecule has 0 saturated carbocycles. The first-order chi connectivity index (χ1) is 9.13. The van der Waals surface area contributed by atoms with Crippen LogP contribution in [0.4, 0.5) is 8.78 Å². The highest BCUT2D eigenvalue weighted by atomic mass is 19.1. The summed E-state index contributed by atoms with van der Waals surface area (Å²) in [5.74, 6) is -1.69. The first-order valence-corrected chi connectivity index (χ1v) is 6.61. The second-order valence-electron chi connectivity index (χ2n) is 4.74. The van der Waals surface area contributed by atoms with Gasteiger partial charge in [-0.05, 0) is 56.5 Å². The molecule has 0 bridgehead atoms. The first-order valence-electron chi connectivity index (χ1n) is 6.61. The highest BCUT2D eigenvalue weighted by molar-refractivity contribution is 5.94. The Morgan fingerprint density at radius 1 is 1.32 bits per heavy atom. The van der Waals surface area contributed by atoms with Crippen LogP contribution >= 0.6 is 0 Å². The number of hydrogen-bond acceptors (Lipinski definition) is 2. The molecule has 3 nitrogen and oxygen atoms in total. The van der Waals surface area contributed by atoms with Gasteiger partial charge in [0.05, 0.1) is 5.56 Å². The molecule has 19 heavy (non-hydrogen) atoms. The van der Waals surface area contributed by atoms with Crippen LogP contribution in [0, 0.1) is 11.6 Å². The molecule has 1 amide bonds. The van der Waals surface area contributed by atoms with Crippen molar-refractivity contribution in [1.29, 1.82) is 0 Å². The number of halogens is 2. The van der Waals surface area contributed by atoms with Gasteiger partial charge in [0.2, 0.25) is 0 Å². The van der Waals surface area contributed by atoms with Gasteiger partial charge in [0, 0.05) is 6.54 Å². The smallest absolute Gasteiger partial charge is 0.254 e. The van der Waals surface area contributed by atoms with Crippen molar-refractivity contribution in [3.63, 3.8) is 0 Å². The maximum Gasteiger partial charge on any atom is 0.254 e. The Bertz CT molecular complexity index is 471. The molecule has 1 aliphatic heterocycles. The van der Waals surface area contributed by atoms with E-state index in [4.69, 9.17) is 0 Å². The molecule has 2 N–H and O–H groups in total. The van der Waals surface area contributed by atoms with Crippen molar-refractivity contribution >= 4 is 5.91 Å². The molecule has 2 rings (SSSR count). The summed E-state index contributed by atoms with van der Waals surface area (Å²) in [6.45, 7) is 3.74. The summed E-state index contributed by atoms with van der Waals surface area (Å²) in [5.41, 5.74) is 0.157. The SMILES string of the molecule is CCNC(=O)c1cc(F)c(C2CCNCC2)cc1F. The van der Waals surface area contributed by atoms with Gasteiger partial charge in [-0.25, -0.2) is 8.78 Å². The summed E-state index contributed by atoms with van der Waals surface area (Å²) in [6, 6.07) is 2.19. The fraction of sp³-hybridized carbons (Fsp3) is 0.500. The zero-order chi connectivity index (χ0) is 13.8. The normalized spacial score (nSPS) is 16.4. The summed E-state index contributed by atoms with van der Waals surface area (Å²) in [6.07, 6.45) is 1.58. The van der Waals surface area contributed by atoms with E-state index in [1.54, 1.807) is 6.92 Å². The van der Waals surface area contributed by atoms with Crippen molar-refractivity contribution in [3.05, 3.63) is 34.9 Å². The molecule has 1 fully saturated rings. The Morgan fingerprint density at radius 3 is 2.63 bits per heavy atom. The number of rotatable bonds is 3. The third kappa shape index (κ3) is 3.10. The summed E-state index contributed by atoms with van der Waals surface area (Å²) in [4.78, 5) is 11.6. The molecule has 0 aromatic heterocycles.